The molecule has 3 aromatic rings. The highest BCUT2D eigenvalue weighted by Gasteiger charge is 2.38. The molecule has 0 saturated carbocycles. The predicted octanol–water partition coefficient (Wildman–Crippen LogP) is 1.72. The van der Waals surface area contributed by atoms with E-state index in [4.69, 9.17) is 11.6 Å². The number of H-pyrrole nitrogens is 1. The van der Waals surface area contributed by atoms with Crippen molar-refractivity contribution in [3.05, 3.63) is 52.7 Å². The van der Waals surface area contributed by atoms with Gasteiger partial charge < -0.3 is 0 Å². The van der Waals surface area contributed by atoms with E-state index in [2.05, 4.69) is 25.6 Å². The Labute approximate surface area is 134 Å². The maximum atomic E-state index is 12.6. The van der Waals surface area contributed by atoms with Crippen LogP contribution in [0.4, 0.5) is 5.69 Å². The highest BCUT2D eigenvalue weighted by atomic mass is 35.5. The summed E-state index contributed by atoms with van der Waals surface area (Å²) in [4.78, 5) is 30.4. The number of pyridine rings is 1. The minimum atomic E-state index is -0.431. The molecular formula is C14H7ClN6O2. The summed E-state index contributed by atoms with van der Waals surface area (Å²) in [5.41, 5.74) is 1.13. The second-order valence-corrected chi connectivity index (χ2v) is 5.12. The quantitative estimate of drug-likeness (QED) is 0.568. The second-order valence-electron chi connectivity index (χ2n) is 4.73. The Morgan fingerprint density at radius 2 is 1.70 bits per heavy atom. The first-order valence-corrected chi connectivity index (χ1v) is 6.93. The Morgan fingerprint density at radius 3 is 2.30 bits per heavy atom. The summed E-state index contributed by atoms with van der Waals surface area (Å²) < 4.78 is 0. The van der Waals surface area contributed by atoms with Gasteiger partial charge in [-0.1, -0.05) is 23.7 Å². The first-order chi connectivity index (χ1) is 11.2. The zero-order valence-corrected chi connectivity index (χ0v) is 12.2. The fourth-order valence-corrected chi connectivity index (χ4v) is 2.59. The van der Waals surface area contributed by atoms with Crippen LogP contribution in [0.1, 0.15) is 20.7 Å². The van der Waals surface area contributed by atoms with Gasteiger partial charge >= 0.3 is 0 Å². The van der Waals surface area contributed by atoms with Crippen molar-refractivity contribution in [3.63, 3.8) is 0 Å². The number of carbonyl (C=O) groups excluding carboxylic acids is 2. The molecule has 9 heteroatoms. The van der Waals surface area contributed by atoms with Crippen LogP contribution in [-0.4, -0.2) is 37.4 Å². The topological polar surface area (TPSA) is 105 Å². The van der Waals surface area contributed by atoms with Crippen molar-refractivity contribution in [2.75, 3.05) is 4.90 Å². The highest BCUT2D eigenvalue weighted by molar-refractivity contribution is 6.35. The summed E-state index contributed by atoms with van der Waals surface area (Å²) in [6, 6.07) is 9.63. The zero-order chi connectivity index (χ0) is 16.0. The molecule has 3 heterocycles. The van der Waals surface area contributed by atoms with Crippen LogP contribution in [0.3, 0.4) is 0 Å². The Balaban J connectivity index is 1.90. The summed E-state index contributed by atoms with van der Waals surface area (Å²) in [6.07, 6.45) is 0. The molecule has 1 aliphatic rings. The fraction of sp³-hybridized carbons (Fsp3) is 0. The number of hydrogen-bond donors (Lipinski definition) is 1. The standard InChI is InChI=1S/C14H7ClN6O2/c15-10-6-5-9(11(16-10)12-17-19-20-18-12)21-13(22)7-3-1-2-4-8(7)14(21)23/h1-6H,(H,17,18,19,20). The SMILES string of the molecule is O=C1c2ccccc2C(=O)N1c1ccc(Cl)nc1-c1nn[nH]n1. The third-order valence-corrected chi connectivity index (χ3v) is 3.64. The summed E-state index contributed by atoms with van der Waals surface area (Å²) in [7, 11) is 0. The molecule has 0 atom stereocenters. The summed E-state index contributed by atoms with van der Waals surface area (Å²) >= 11 is 5.92. The lowest BCUT2D eigenvalue weighted by atomic mass is 10.1. The lowest BCUT2D eigenvalue weighted by Gasteiger charge is -2.16. The largest absolute Gasteiger partial charge is 0.268 e. The average Bonchev–Trinajstić information content (AvgIpc) is 3.17. The number of aromatic amines is 1. The fourth-order valence-electron chi connectivity index (χ4n) is 2.44. The molecule has 8 nitrogen and oxygen atoms in total. The van der Waals surface area contributed by atoms with E-state index in [0.29, 0.717) is 11.1 Å². The van der Waals surface area contributed by atoms with Gasteiger partial charge in [-0.15, -0.1) is 10.2 Å². The van der Waals surface area contributed by atoms with Crippen molar-refractivity contribution in [1.82, 2.24) is 25.6 Å². The molecule has 1 N–H and O–H groups in total. The number of fused-ring (bicyclic) bond motifs is 1. The maximum Gasteiger partial charge on any atom is 0.266 e. The Kier molecular flexibility index (Phi) is 2.91. The predicted molar refractivity (Wildman–Crippen MR) is 80.0 cm³/mol. The minimum Gasteiger partial charge on any atom is -0.268 e. The van der Waals surface area contributed by atoms with Gasteiger partial charge in [-0.25, -0.2) is 9.88 Å². The Bertz CT molecular complexity index is 905. The molecule has 0 bridgehead atoms. The highest BCUT2D eigenvalue weighted by Crippen LogP contribution is 2.34. The normalized spacial score (nSPS) is 13.5. The smallest absolute Gasteiger partial charge is 0.266 e. The Morgan fingerprint density at radius 1 is 1.00 bits per heavy atom. The number of nitrogens with zero attached hydrogens (tertiary/aromatic N) is 5. The average molecular weight is 327 g/mol. The van der Waals surface area contributed by atoms with E-state index in [-0.39, 0.29) is 22.4 Å². The lowest BCUT2D eigenvalue weighted by Crippen LogP contribution is -2.30. The number of anilines is 1. The van der Waals surface area contributed by atoms with Gasteiger partial charge in [0.2, 0.25) is 5.82 Å². The molecule has 112 valence electrons. The number of nitrogens with one attached hydrogen (secondary N) is 1. The van der Waals surface area contributed by atoms with Gasteiger partial charge in [0.05, 0.1) is 16.8 Å². The van der Waals surface area contributed by atoms with Crippen molar-refractivity contribution in [1.29, 1.82) is 0 Å². The van der Waals surface area contributed by atoms with E-state index in [0.717, 1.165) is 4.90 Å². The Hall–Kier alpha value is -3.13. The van der Waals surface area contributed by atoms with E-state index < -0.39 is 11.8 Å². The molecule has 4 rings (SSSR count). The van der Waals surface area contributed by atoms with Crippen LogP contribution < -0.4 is 4.90 Å². The molecule has 1 aliphatic heterocycles. The second kappa shape index (κ2) is 4.96. The zero-order valence-electron chi connectivity index (χ0n) is 11.4. The minimum absolute atomic E-state index is 0.138. The van der Waals surface area contributed by atoms with Crippen LogP contribution in [0.5, 0.6) is 0 Å². The summed E-state index contributed by atoms with van der Waals surface area (Å²) in [6.45, 7) is 0. The van der Waals surface area contributed by atoms with Crippen molar-refractivity contribution in [2.45, 2.75) is 0 Å². The number of imide groups is 1. The lowest BCUT2D eigenvalue weighted by molar-refractivity contribution is 0.0926. The molecule has 2 aromatic heterocycles. The van der Waals surface area contributed by atoms with Gasteiger partial charge in [-0.05, 0) is 29.5 Å². The molecule has 1 aromatic carbocycles. The van der Waals surface area contributed by atoms with E-state index >= 15 is 0 Å². The number of amides is 2. The number of benzene rings is 1. The number of carbonyl (C=O) groups is 2. The first kappa shape index (κ1) is 13.5. The number of tetrazole rings is 1. The maximum absolute atomic E-state index is 12.6. The number of halogens is 1. The van der Waals surface area contributed by atoms with Crippen LogP contribution in [0, 0.1) is 0 Å². The van der Waals surface area contributed by atoms with Gasteiger partial charge in [0.25, 0.3) is 11.8 Å². The van der Waals surface area contributed by atoms with Gasteiger partial charge in [0.1, 0.15) is 10.8 Å². The molecule has 0 saturated heterocycles. The molecule has 0 spiro atoms. The van der Waals surface area contributed by atoms with Gasteiger partial charge in [-0.3, -0.25) is 9.59 Å². The van der Waals surface area contributed by atoms with Crippen LogP contribution in [-0.2, 0) is 0 Å². The van der Waals surface area contributed by atoms with E-state index in [1.165, 1.54) is 12.1 Å². The van der Waals surface area contributed by atoms with Crippen LogP contribution in [0.15, 0.2) is 36.4 Å². The van der Waals surface area contributed by atoms with E-state index in [1.807, 2.05) is 0 Å². The van der Waals surface area contributed by atoms with Crippen LogP contribution in [0.2, 0.25) is 5.15 Å². The third kappa shape index (κ3) is 2.00. The molecule has 0 radical (unpaired) electrons. The van der Waals surface area contributed by atoms with Crippen molar-refractivity contribution < 1.29 is 9.59 Å². The third-order valence-electron chi connectivity index (χ3n) is 3.43. The van der Waals surface area contributed by atoms with Gasteiger partial charge in [-0.2, -0.15) is 5.21 Å². The molecule has 0 fully saturated rings. The van der Waals surface area contributed by atoms with Gasteiger partial charge in [0, 0.05) is 0 Å². The number of aromatic nitrogens is 5. The number of hydrogen-bond acceptors (Lipinski definition) is 6. The van der Waals surface area contributed by atoms with Crippen molar-refractivity contribution >= 4 is 29.1 Å². The molecular weight excluding hydrogens is 320 g/mol. The molecule has 0 aliphatic carbocycles. The van der Waals surface area contributed by atoms with Crippen molar-refractivity contribution in [2.24, 2.45) is 0 Å². The molecule has 0 unspecified atom stereocenters. The van der Waals surface area contributed by atoms with Crippen LogP contribution >= 0.6 is 11.6 Å². The molecule has 23 heavy (non-hydrogen) atoms. The number of rotatable bonds is 2. The molecule has 2 amide bonds. The first-order valence-electron chi connectivity index (χ1n) is 6.55. The van der Waals surface area contributed by atoms with E-state index in [9.17, 15) is 9.59 Å². The summed E-state index contributed by atoms with van der Waals surface area (Å²) in [5, 5.41) is 13.6. The van der Waals surface area contributed by atoms with Crippen LogP contribution in [0.25, 0.3) is 11.5 Å². The van der Waals surface area contributed by atoms with E-state index in [1.54, 1.807) is 24.3 Å². The van der Waals surface area contributed by atoms with Crippen molar-refractivity contribution in [3.8, 4) is 11.5 Å². The van der Waals surface area contributed by atoms with Gasteiger partial charge in [0.15, 0.2) is 0 Å². The summed E-state index contributed by atoms with van der Waals surface area (Å²) in [5.74, 6) is -0.724. The monoisotopic (exact) mass is 326 g/mol.